The quantitative estimate of drug-likeness (QED) is 0.389. The monoisotopic (exact) mass is 459 g/mol. The van der Waals surface area contributed by atoms with Crippen molar-refractivity contribution in [1.82, 2.24) is 19.8 Å². The van der Waals surface area contributed by atoms with E-state index in [9.17, 15) is 9.59 Å². The second kappa shape index (κ2) is 9.87. The summed E-state index contributed by atoms with van der Waals surface area (Å²) in [5.41, 5.74) is 2.54. The normalized spacial score (nSPS) is 16.3. The van der Waals surface area contributed by atoms with Gasteiger partial charge in [0, 0.05) is 51.8 Å². The molecule has 4 rings (SSSR count). The molecular formula is C22H26ClN5O2S. The molecule has 0 saturated carbocycles. The molecule has 2 aliphatic rings. The highest BCUT2D eigenvalue weighted by Gasteiger charge is 2.23. The lowest BCUT2D eigenvalue weighted by atomic mass is 10.00. The van der Waals surface area contributed by atoms with Crippen LogP contribution in [0.5, 0.6) is 0 Å². The van der Waals surface area contributed by atoms with Crippen LogP contribution in [0.3, 0.4) is 0 Å². The molecule has 0 bridgehead atoms. The predicted molar refractivity (Wildman–Crippen MR) is 122 cm³/mol. The lowest BCUT2D eigenvalue weighted by molar-refractivity contribution is -0.131. The maximum Gasteiger partial charge on any atom is 0.233 e. The van der Waals surface area contributed by atoms with Crippen LogP contribution in [0.4, 0.5) is 5.82 Å². The van der Waals surface area contributed by atoms with Crippen LogP contribution < -0.4 is 4.90 Å². The van der Waals surface area contributed by atoms with E-state index >= 15 is 0 Å². The lowest BCUT2D eigenvalue weighted by Crippen LogP contribution is -2.48. The van der Waals surface area contributed by atoms with Crippen LogP contribution in [0.2, 0.25) is 5.15 Å². The average Bonchev–Trinajstić information content (AvgIpc) is 2.81. The Morgan fingerprint density at radius 3 is 2.48 bits per heavy atom. The van der Waals surface area contributed by atoms with Gasteiger partial charge < -0.3 is 14.7 Å². The van der Waals surface area contributed by atoms with E-state index in [0.717, 1.165) is 18.8 Å². The van der Waals surface area contributed by atoms with E-state index in [0.29, 0.717) is 49.5 Å². The standard InChI is InChI=1S/C22H26ClN5O2S/c1-2-20(29)27-11-9-26(10-12-27)19-13-18(23)24-22(25-19)31-15-21(30)28-8-7-16-5-3-4-6-17(16)14-28/h3-6,13H,2,7-12,14-15H2,1H3. The Morgan fingerprint density at radius 2 is 1.74 bits per heavy atom. The summed E-state index contributed by atoms with van der Waals surface area (Å²) in [5.74, 6) is 1.28. The van der Waals surface area contributed by atoms with Crippen molar-refractivity contribution in [3.63, 3.8) is 0 Å². The van der Waals surface area contributed by atoms with Crippen molar-refractivity contribution in [3.8, 4) is 0 Å². The number of halogens is 1. The van der Waals surface area contributed by atoms with E-state index in [1.807, 2.05) is 28.9 Å². The number of nitrogens with zero attached hydrogens (tertiary/aromatic N) is 5. The number of fused-ring (bicyclic) bond motifs is 1. The SMILES string of the molecule is CCC(=O)N1CCN(c2cc(Cl)nc(SCC(=O)N3CCc4ccccc4C3)n2)CC1. The summed E-state index contributed by atoms with van der Waals surface area (Å²) in [5, 5.41) is 0.860. The molecule has 0 spiro atoms. The minimum Gasteiger partial charge on any atom is -0.353 e. The second-order valence-electron chi connectivity index (χ2n) is 7.68. The van der Waals surface area contributed by atoms with Gasteiger partial charge in [0.1, 0.15) is 11.0 Å². The fourth-order valence-corrected chi connectivity index (χ4v) is 4.93. The van der Waals surface area contributed by atoms with Crippen LogP contribution in [0, 0.1) is 0 Å². The molecule has 1 aromatic heterocycles. The highest BCUT2D eigenvalue weighted by molar-refractivity contribution is 7.99. The smallest absolute Gasteiger partial charge is 0.233 e. The van der Waals surface area contributed by atoms with Crippen LogP contribution in [0.15, 0.2) is 35.5 Å². The number of thioether (sulfide) groups is 1. The maximum atomic E-state index is 12.7. The fourth-order valence-electron chi connectivity index (χ4n) is 3.95. The zero-order valence-corrected chi connectivity index (χ0v) is 19.2. The van der Waals surface area contributed by atoms with Crippen molar-refractivity contribution in [2.75, 3.05) is 43.4 Å². The molecule has 0 unspecified atom stereocenters. The molecule has 9 heteroatoms. The van der Waals surface area contributed by atoms with Gasteiger partial charge in [-0.2, -0.15) is 0 Å². The molecule has 1 saturated heterocycles. The first kappa shape index (κ1) is 21.9. The van der Waals surface area contributed by atoms with Crippen LogP contribution in [0.1, 0.15) is 24.5 Å². The number of carbonyl (C=O) groups excluding carboxylic acids is 2. The third-order valence-electron chi connectivity index (χ3n) is 5.73. The van der Waals surface area contributed by atoms with Gasteiger partial charge in [-0.15, -0.1) is 0 Å². The first-order valence-corrected chi connectivity index (χ1v) is 11.9. The summed E-state index contributed by atoms with van der Waals surface area (Å²) >= 11 is 7.56. The summed E-state index contributed by atoms with van der Waals surface area (Å²) in [4.78, 5) is 39.4. The molecule has 3 heterocycles. The van der Waals surface area contributed by atoms with Gasteiger partial charge >= 0.3 is 0 Å². The molecule has 2 aromatic rings. The van der Waals surface area contributed by atoms with E-state index in [1.54, 1.807) is 6.07 Å². The van der Waals surface area contributed by atoms with E-state index in [1.165, 1.54) is 22.9 Å². The number of benzene rings is 1. The number of amides is 2. The molecule has 1 aromatic carbocycles. The van der Waals surface area contributed by atoms with E-state index in [-0.39, 0.29) is 17.6 Å². The van der Waals surface area contributed by atoms with Gasteiger partial charge in [-0.3, -0.25) is 9.59 Å². The Labute approximate surface area is 191 Å². The van der Waals surface area contributed by atoms with Crippen molar-refractivity contribution in [2.24, 2.45) is 0 Å². The largest absolute Gasteiger partial charge is 0.353 e. The highest BCUT2D eigenvalue weighted by atomic mass is 35.5. The van der Waals surface area contributed by atoms with Gasteiger partial charge in [0.2, 0.25) is 11.8 Å². The van der Waals surface area contributed by atoms with Crippen molar-refractivity contribution >= 4 is 41.0 Å². The third kappa shape index (κ3) is 5.30. The van der Waals surface area contributed by atoms with Gasteiger partial charge in [0.15, 0.2) is 5.16 Å². The number of hydrogen-bond acceptors (Lipinski definition) is 6. The summed E-state index contributed by atoms with van der Waals surface area (Å²) in [7, 11) is 0. The zero-order valence-electron chi connectivity index (χ0n) is 17.6. The van der Waals surface area contributed by atoms with Gasteiger partial charge in [0.05, 0.1) is 5.75 Å². The number of rotatable bonds is 5. The molecule has 2 aliphatic heterocycles. The Morgan fingerprint density at radius 1 is 1.00 bits per heavy atom. The van der Waals surface area contributed by atoms with E-state index in [2.05, 4.69) is 27.0 Å². The Kier molecular flexibility index (Phi) is 6.97. The number of carbonyl (C=O) groups is 2. The minimum absolute atomic E-state index is 0.0799. The first-order valence-electron chi connectivity index (χ1n) is 10.6. The minimum atomic E-state index is 0.0799. The Hall–Kier alpha value is -2.32. The maximum absolute atomic E-state index is 12.7. The summed E-state index contributed by atoms with van der Waals surface area (Å²) in [6.07, 6.45) is 1.41. The first-order chi connectivity index (χ1) is 15.0. The van der Waals surface area contributed by atoms with E-state index < -0.39 is 0 Å². The number of anilines is 1. The van der Waals surface area contributed by atoms with Crippen LogP contribution in [-0.4, -0.2) is 70.1 Å². The van der Waals surface area contributed by atoms with Crippen LogP contribution >= 0.6 is 23.4 Å². The topological polar surface area (TPSA) is 69.6 Å². The molecule has 1 fully saturated rings. The molecule has 0 aliphatic carbocycles. The van der Waals surface area contributed by atoms with E-state index in [4.69, 9.17) is 11.6 Å². The van der Waals surface area contributed by atoms with Crippen molar-refractivity contribution in [1.29, 1.82) is 0 Å². The summed E-state index contributed by atoms with van der Waals surface area (Å²) in [6.45, 7) is 6.02. The Bertz CT molecular complexity index is 965. The Balaban J connectivity index is 1.35. The molecule has 2 amide bonds. The van der Waals surface area contributed by atoms with Gasteiger partial charge in [-0.25, -0.2) is 9.97 Å². The molecule has 7 nitrogen and oxygen atoms in total. The number of hydrogen-bond donors (Lipinski definition) is 0. The molecule has 0 radical (unpaired) electrons. The highest BCUT2D eigenvalue weighted by Crippen LogP contribution is 2.24. The van der Waals surface area contributed by atoms with Crippen LogP contribution in [-0.2, 0) is 22.6 Å². The lowest BCUT2D eigenvalue weighted by Gasteiger charge is -2.35. The molecule has 31 heavy (non-hydrogen) atoms. The number of aromatic nitrogens is 2. The van der Waals surface area contributed by atoms with Crippen molar-refractivity contribution < 1.29 is 9.59 Å². The fraction of sp³-hybridized carbons (Fsp3) is 0.455. The summed E-state index contributed by atoms with van der Waals surface area (Å²) < 4.78 is 0. The van der Waals surface area contributed by atoms with Crippen molar-refractivity contribution in [2.45, 2.75) is 31.5 Å². The second-order valence-corrected chi connectivity index (χ2v) is 9.01. The molecular weight excluding hydrogens is 434 g/mol. The third-order valence-corrected chi connectivity index (χ3v) is 6.75. The zero-order chi connectivity index (χ0) is 21.8. The van der Waals surface area contributed by atoms with Crippen LogP contribution in [0.25, 0.3) is 0 Å². The molecule has 0 N–H and O–H groups in total. The van der Waals surface area contributed by atoms with Gasteiger partial charge in [-0.05, 0) is 17.5 Å². The molecule has 0 atom stereocenters. The predicted octanol–water partition coefficient (Wildman–Crippen LogP) is 2.87. The summed E-state index contributed by atoms with van der Waals surface area (Å²) in [6, 6.07) is 10.0. The van der Waals surface area contributed by atoms with Gasteiger partial charge in [-0.1, -0.05) is 54.6 Å². The molecule has 164 valence electrons. The average molecular weight is 460 g/mol. The van der Waals surface area contributed by atoms with Gasteiger partial charge in [0.25, 0.3) is 0 Å². The number of piperazine rings is 1. The van der Waals surface area contributed by atoms with Crippen molar-refractivity contribution in [3.05, 3.63) is 46.6 Å².